The van der Waals surface area contributed by atoms with Gasteiger partial charge >= 0.3 is 0 Å². The summed E-state index contributed by atoms with van der Waals surface area (Å²) in [5.41, 5.74) is 0.632. The number of aromatic nitrogens is 2. The Hall–Kier alpha value is -2.00. The minimum atomic E-state index is -3.70. The second-order valence-electron chi connectivity index (χ2n) is 5.77. The van der Waals surface area contributed by atoms with Crippen molar-refractivity contribution in [2.45, 2.75) is 18.7 Å². The van der Waals surface area contributed by atoms with Crippen molar-refractivity contribution in [3.63, 3.8) is 0 Å². The van der Waals surface area contributed by atoms with Gasteiger partial charge < -0.3 is 4.90 Å². The van der Waals surface area contributed by atoms with Crippen LogP contribution in [0.2, 0.25) is 0 Å². The third kappa shape index (κ3) is 2.81. The van der Waals surface area contributed by atoms with Crippen LogP contribution in [0.4, 0.5) is 0 Å². The zero-order chi connectivity index (χ0) is 16.6. The van der Waals surface area contributed by atoms with E-state index in [0.717, 1.165) is 0 Å². The number of hydrogen-bond acceptors (Lipinski definition) is 6. The summed E-state index contributed by atoms with van der Waals surface area (Å²) >= 11 is 0. The van der Waals surface area contributed by atoms with Crippen LogP contribution in [0.25, 0.3) is 11.0 Å². The lowest BCUT2D eigenvalue weighted by molar-refractivity contribution is -0.135. The van der Waals surface area contributed by atoms with E-state index in [1.54, 1.807) is 17.0 Å². The summed E-state index contributed by atoms with van der Waals surface area (Å²) in [6.07, 6.45) is 0. The quantitative estimate of drug-likeness (QED) is 0.818. The molecule has 0 N–H and O–H groups in total. The summed E-state index contributed by atoms with van der Waals surface area (Å²) in [6.45, 7) is 4.99. The normalized spacial score (nSPS) is 17.1. The highest BCUT2D eigenvalue weighted by molar-refractivity contribution is 7.89. The second-order valence-corrected chi connectivity index (χ2v) is 7.68. The molecule has 2 heterocycles. The monoisotopic (exact) mass is 338 g/mol. The van der Waals surface area contributed by atoms with Gasteiger partial charge in [-0.3, -0.25) is 4.79 Å². The maximum atomic E-state index is 12.8. The molecule has 0 radical (unpaired) electrons. The third-order valence-electron chi connectivity index (χ3n) is 3.91. The van der Waals surface area contributed by atoms with Crippen LogP contribution in [-0.2, 0) is 14.8 Å². The molecule has 1 fully saturated rings. The number of piperazine rings is 1. The van der Waals surface area contributed by atoms with E-state index in [1.165, 1.54) is 10.4 Å². The maximum absolute atomic E-state index is 12.8. The van der Waals surface area contributed by atoms with Gasteiger partial charge in [-0.25, -0.2) is 13.0 Å². The van der Waals surface area contributed by atoms with E-state index in [1.807, 2.05) is 13.8 Å². The topological polar surface area (TPSA) is 96.6 Å². The van der Waals surface area contributed by atoms with Gasteiger partial charge in [-0.1, -0.05) is 19.9 Å². The molecule has 1 aromatic heterocycles. The SMILES string of the molecule is CC(C)C(=O)N1CCN(S(=O)(=O)c2cccc3nonc23)CC1. The second kappa shape index (κ2) is 5.89. The molecule has 124 valence electrons. The molecule has 0 bridgehead atoms. The predicted octanol–water partition coefficient (Wildman–Crippen LogP) is 0.712. The molecule has 0 unspecified atom stereocenters. The van der Waals surface area contributed by atoms with E-state index in [0.29, 0.717) is 18.6 Å². The average Bonchev–Trinajstić information content (AvgIpc) is 3.02. The van der Waals surface area contributed by atoms with E-state index in [9.17, 15) is 13.2 Å². The lowest BCUT2D eigenvalue weighted by Gasteiger charge is -2.34. The molecular weight excluding hydrogens is 320 g/mol. The molecule has 1 aliphatic rings. The maximum Gasteiger partial charge on any atom is 0.245 e. The molecule has 0 atom stereocenters. The van der Waals surface area contributed by atoms with Crippen LogP contribution >= 0.6 is 0 Å². The molecule has 0 aliphatic carbocycles. The van der Waals surface area contributed by atoms with Gasteiger partial charge in [0, 0.05) is 32.1 Å². The Bertz CT molecular complexity index is 822. The highest BCUT2D eigenvalue weighted by Gasteiger charge is 2.32. The van der Waals surface area contributed by atoms with E-state index < -0.39 is 10.0 Å². The predicted molar refractivity (Wildman–Crippen MR) is 82.0 cm³/mol. The molecule has 1 saturated heterocycles. The molecule has 1 amide bonds. The highest BCUT2D eigenvalue weighted by atomic mass is 32.2. The fourth-order valence-electron chi connectivity index (χ4n) is 2.64. The van der Waals surface area contributed by atoms with E-state index >= 15 is 0 Å². The van der Waals surface area contributed by atoms with Crippen LogP contribution in [-0.4, -0.2) is 60.0 Å². The van der Waals surface area contributed by atoms with Crippen LogP contribution in [0.1, 0.15) is 13.8 Å². The molecule has 9 heteroatoms. The zero-order valence-corrected chi connectivity index (χ0v) is 13.8. The summed E-state index contributed by atoms with van der Waals surface area (Å²) in [5, 5.41) is 7.36. The molecule has 1 aliphatic heterocycles. The number of benzene rings is 1. The molecular formula is C14H18N4O4S. The van der Waals surface area contributed by atoms with Gasteiger partial charge in [-0.2, -0.15) is 4.31 Å². The first-order valence-electron chi connectivity index (χ1n) is 7.41. The molecule has 3 rings (SSSR count). The third-order valence-corrected chi connectivity index (χ3v) is 5.84. The van der Waals surface area contributed by atoms with Crippen molar-refractivity contribution < 1.29 is 17.8 Å². The van der Waals surface area contributed by atoms with Crippen molar-refractivity contribution in [3.8, 4) is 0 Å². The number of fused-ring (bicyclic) bond motifs is 1. The van der Waals surface area contributed by atoms with Gasteiger partial charge in [0.1, 0.15) is 10.4 Å². The average molecular weight is 338 g/mol. The number of amides is 1. The Morgan fingerprint density at radius 2 is 1.87 bits per heavy atom. The zero-order valence-electron chi connectivity index (χ0n) is 13.0. The van der Waals surface area contributed by atoms with Gasteiger partial charge in [0.25, 0.3) is 0 Å². The molecule has 0 saturated carbocycles. The van der Waals surface area contributed by atoms with Crippen molar-refractivity contribution in [2.75, 3.05) is 26.2 Å². The number of rotatable bonds is 3. The number of sulfonamides is 1. The largest absolute Gasteiger partial charge is 0.340 e. The Labute approximate surface area is 134 Å². The lowest BCUT2D eigenvalue weighted by atomic mass is 10.2. The number of carbonyl (C=O) groups excluding carboxylic acids is 1. The van der Waals surface area contributed by atoms with Gasteiger partial charge in [0.2, 0.25) is 15.9 Å². The van der Waals surface area contributed by atoms with Crippen molar-refractivity contribution in [1.82, 2.24) is 19.5 Å². The lowest BCUT2D eigenvalue weighted by Crippen LogP contribution is -2.51. The Balaban J connectivity index is 1.82. The Morgan fingerprint density at radius 3 is 2.52 bits per heavy atom. The molecule has 0 spiro atoms. The van der Waals surface area contributed by atoms with Gasteiger partial charge in [0.15, 0.2) is 5.52 Å². The fraction of sp³-hybridized carbons (Fsp3) is 0.500. The highest BCUT2D eigenvalue weighted by Crippen LogP contribution is 2.24. The summed E-state index contributed by atoms with van der Waals surface area (Å²) in [6, 6.07) is 4.75. The van der Waals surface area contributed by atoms with Crippen molar-refractivity contribution in [2.24, 2.45) is 5.92 Å². The molecule has 8 nitrogen and oxygen atoms in total. The van der Waals surface area contributed by atoms with Gasteiger partial charge in [-0.05, 0) is 22.4 Å². The number of carbonyl (C=O) groups is 1. The van der Waals surface area contributed by atoms with Crippen LogP contribution in [0, 0.1) is 5.92 Å². The molecule has 2 aromatic rings. The van der Waals surface area contributed by atoms with Crippen molar-refractivity contribution in [3.05, 3.63) is 18.2 Å². The molecule has 23 heavy (non-hydrogen) atoms. The fourth-order valence-corrected chi connectivity index (χ4v) is 4.20. The number of hydrogen-bond donors (Lipinski definition) is 0. The van der Waals surface area contributed by atoms with E-state index in [2.05, 4.69) is 14.9 Å². The van der Waals surface area contributed by atoms with Gasteiger partial charge in [0.05, 0.1) is 0 Å². The molecule has 1 aromatic carbocycles. The first kappa shape index (κ1) is 15.9. The van der Waals surface area contributed by atoms with Crippen LogP contribution < -0.4 is 0 Å². The Kier molecular flexibility index (Phi) is 4.07. The smallest absolute Gasteiger partial charge is 0.245 e. The van der Waals surface area contributed by atoms with E-state index in [4.69, 9.17) is 0 Å². The van der Waals surface area contributed by atoms with Crippen LogP contribution in [0.15, 0.2) is 27.7 Å². The van der Waals surface area contributed by atoms with Crippen LogP contribution in [0.3, 0.4) is 0 Å². The van der Waals surface area contributed by atoms with Crippen molar-refractivity contribution >= 4 is 27.0 Å². The summed E-state index contributed by atoms with van der Waals surface area (Å²) in [7, 11) is -3.70. The minimum Gasteiger partial charge on any atom is -0.340 e. The Morgan fingerprint density at radius 1 is 1.17 bits per heavy atom. The first-order chi connectivity index (χ1) is 10.9. The van der Waals surface area contributed by atoms with Gasteiger partial charge in [-0.15, -0.1) is 0 Å². The standard InChI is InChI=1S/C14H18N4O4S/c1-10(2)14(19)17-6-8-18(9-7-17)23(20,21)12-5-3-4-11-13(12)16-22-15-11/h3-5,10H,6-9H2,1-2H3. The summed E-state index contributed by atoms with van der Waals surface area (Å²) in [5.74, 6) is -0.0436. The van der Waals surface area contributed by atoms with E-state index in [-0.39, 0.29) is 35.3 Å². The summed E-state index contributed by atoms with van der Waals surface area (Å²) in [4.78, 5) is 13.8. The first-order valence-corrected chi connectivity index (χ1v) is 8.85. The summed E-state index contributed by atoms with van der Waals surface area (Å²) < 4.78 is 31.6. The van der Waals surface area contributed by atoms with Crippen molar-refractivity contribution in [1.29, 1.82) is 0 Å². The van der Waals surface area contributed by atoms with Crippen LogP contribution in [0.5, 0.6) is 0 Å². The minimum absolute atomic E-state index is 0.0462. The number of nitrogens with zero attached hydrogens (tertiary/aromatic N) is 4.